The lowest BCUT2D eigenvalue weighted by Gasteiger charge is -2.09. The summed E-state index contributed by atoms with van der Waals surface area (Å²) in [4.78, 5) is 13.6. The first-order valence-electron chi connectivity index (χ1n) is 8.60. The molecule has 0 spiro atoms. The minimum Gasteiger partial charge on any atom is -0.494 e. The highest BCUT2D eigenvalue weighted by molar-refractivity contribution is 7.99. The van der Waals surface area contributed by atoms with Crippen LogP contribution in [0.3, 0.4) is 0 Å². The van der Waals surface area contributed by atoms with Gasteiger partial charge in [-0.3, -0.25) is 4.79 Å². The Morgan fingerprint density at radius 1 is 1.43 bits per heavy atom. The van der Waals surface area contributed by atoms with Gasteiger partial charge in [-0.05, 0) is 47.4 Å². The first kappa shape index (κ1) is 18.5. The summed E-state index contributed by atoms with van der Waals surface area (Å²) < 4.78 is 6.89. The molecule has 28 heavy (non-hydrogen) atoms. The third-order valence-electron chi connectivity index (χ3n) is 4.37. The molecule has 2 heterocycles. The lowest BCUT2D eigenvalue weighted by Crippen LogP contribution is -2.14. The molecule has 0 atom stereocenters. The Morgan fingerprint density at radius 2 is 2.29 bits per heavy atom. The highest BCUT2D eigenvalue weighted by atomic mass is 32.2. The van der Waals surface area contributed by atoms with E-state index in [0.717, 1.165) is 24.8 Å². The van der Waals surface area contributed by atoms with E-state index in [0.29, 0.717) is 27.2 Å². The molecule has 0 bridgehead atoms. The van der Waals surface area contributed by atoms with Crippen LogP contribution in [-0.2, 0) is 17.6 Å². The predicted molar refractivity (Wildman–Crippen MR) is 106 cm³/mol. The van der Waals surface area contributed by atoms with E-state index in [1.54, 1.807) is 7.11 Å². The van der Waals surface area contributed by atoms with Crippen molar-refractivity contribution in [1.82, 2.24) is 20.2 Å². The highest BCUT2D eigenvalue weighted by Crippen LogP contribution is 2.38. The molecule has 1 aliphatic carbocycles. The maximum absolute atomic E-state index is 12.4. The number of nitrogens with one attached hydrogen (secondary N) is 1. The van der Waals surface area contributed by atoms with Crippen LogP contribution in [0.4, 0.5) is 5.00 Å². The van der Waals surface area contributed by atoms with Gasteiger partial charge >= 0.3 is 0 Å². The van der Waals surface area contributed by atoms with Crippen LogP contribution in [0.5, 0.6) is 5.75 Å². The molecule has 1 aliphatic rings. The van der Waals surface area contributed by atoms with Crippen LogP contribution in [0.15, 0.2) is 29.4 Å². The molecule has 0 saturated heterocycles. The molecule has 1 N–H and O–H groups in total. The van der Waals surface area contributed by atoms with Gasteiger partial charge in [0.05, 0.1) is 18.4 Å². The predicted octanol–water partition coefficient (Wildman–Crippen LogP) is 2.82. The number of thioether (sulfide) groups is 1. The molecule has 0 fully saturated rings. The van der Waals surface area contributed by atoms with Crippen molar-refractivity contribution in [2.45, 2.75) is 24.4 Å². The number of benzene rings is 1. The number of aryl methyl sites for hydroxylation is 1. The molecule has 1 aromatic carbocycles. The number of amides is 1. The number of methoxy groups -OCH3 is 1. The summed E-state index contributed by atoms with van der Waals surface area (Å²) in [5, 5.41) is 25.1. The fourth-order valence-corrected chi connectivity index (χ4v) is 5.07. The van der Waals surface area contributed by atoms with Gasteiger partial charge in [-0.2, -0.15) is 9.94 Å². The van der Waals surface area contributed by atoms with Crippen molar-refractivity contribution in [2.24, 2.45) is 0 Å². The minimum absolute atomic E-state index is 0.128. The van der Waals surface area contributed by atoms with Gasteiger partial charge in [0, 0.05) is 4.88 Å². The summed E-state index contributed by atoms with van der Waals surface area (Å²) in [5.74, 6) is 0.562. The van der Waals surface area contributed by atoms with E-state index in [2.05, 4.69) is 26.9 Å². The third kappa shape index (κ3) is 3.46. The zero-order valence-corrected chi connectivity index (χ0v) is 16.6. The Hall–Kier alpha value is -2.90. The summed E-state index contributed by atoms with van der Waals surface area (Å²) in [6.45, 7) is 0. The van der Waals surface area contributed by atoms with Gasteiger partial charge < -0.3 is 10.1 Å². The van der Waals surface area contributed by atoms with Gasteiger partial charge in [-0.1, -0.05) is 23.9 Å². The molecule has 0 unspecified atom stereocenters. The number of carbonyl (C=O) groups is 1. The highest BCUT2D eigenvalue weighted by Gasteiger charge is 2.23. The van der Waals surface area contributed by atoms with E-state index in [9.17, 15) is 10.1 Å². The van der Waals surface area contributed by atoms with Crippen LogP contribution >= 0.6 is 23.1 Å². The Balaban J connectivity index is 1.46. The van der Waals surface area contributed by atoms with Crippen molar-refractivity contribution in [2.75, 3.05) is 18.2 Å². The van der Waals surface area contributed by atoms with Crippen molar-refractivity contribution >= 4 is 34.0 Å². The topological polar surface area (TPSA) is 106 Å². The SMILES string of the molecule is COc1ccccc1-n1nnnc1SCC(=O)Nc1sc2c(c1C#N)CCC2. The van der Waals surface area contributed by atoms with Gasteiger partial charge in [0.2, 0.25) is 11.1 Å². The van der Waals surface area contributed by atoms with E-state index in [1.165, 1.54) is 32.7 Å². The van der Waals surface area contributed by atoms with E-state index < -0.39 is 0 Å². The quantitative estimate of drug-likeness (QED) is 0.621. The van der Waals surface area contributed by atoms with Crippen molar-refractivity contribution in [1.29, 1.82) is 5.26 Å². The monoisotopic (exact) mass is 412 g/mol. The summed E-state index contributed by atoms with van der Waals surface area (Å²) in [5.41, 5.74) is 2.39. The summed E-state index contributed by atoms with van der Waals surface area (Å²) in [7, 11) is 1.58. The van der Waals surface area contributed by atoms with Crippen molar-refractivity contribution in [3.8, 4) is 17.5 Å². The van der Waals surface area contributed by atoms with Crippen LogP contribution in [0.25, 0.3) is 5.69 Å². The molecule has 0 aliphatic heterocycles. The van der Waals surface area contributed by atoms with Gasteiger partial charge in [0.1, 0.15) is 22.5 Å². The molecule has 0 saturated carbocycles. The number of anilines is 1. The maximum Gasteiger partial charge on any atom is 0.235 e. The first-order chi connectivity index (χ1) is 13.7. The molecule has 142 valence electrons. The van der Waals surface area contributed by atoms with E-state index in [4.69, 9.17) is 4.74 Å². The third-order valence-corrected chi connectivity index (χ3v) is 6.50. The summed E-state index contributed by atoms with van der Waals surface area (Å²) in [6.07, 6.45) is 2.96. The number of fused-ring (bicyclic) bond motifs is 1. The standard InChI is InChI=1S/C18H16N6O2S2/c1-26-14-7-3-2-6-13(14)24-18(21-22-23-24)27-10-16(25)20-17-12(9-19)11-5-4-8-15(11)28-17/h2-3,6-7H,4-5,8,10H2,1H3,(H,20,25). The van der Waals surface area contributed by atoms with Crippen LogP contribution in [0, 0.1) is 11.3 Å². The summed E-state index contributed by atoms with van der Waals surface area (Å²) in [6, 6.07) is 9.61. The summed E-state index contributed by atoms with van der Waals surface area (Å²) >= 11 is 2.72. The zero-order valence-electron chi connectivity index (χ0n) is 15.0. The van der Waals surface area contributed by atoms with E-state index in [-0.39, 0.29) is 11.7 Å². The van der Waals surface area contributed by atoms with Gasteiger partial charge in [-0.25, -0.2) is 0 Å². The van der Waals surface area contributed by atoms with Gasteiger partial charge in [-0.15, -0.1) is 16.4 Å². The second-order valence-corrected chi connectivity index (χ2v) is 8.10. The fraction of sp³-hybridized carbons (Fsp3) is 0.278. The Morgan fingerprint density at radius 3 is 3.11 bits per heavy atom. The molecular formula is C18H16N6O2S2. The number of hydrogen-bond acceptors (Lipinski definition) is 8. The molecule has 10 heteroatoms. The molecule has 3 aromatic rings. The zero-order chi connectivity index (χ0) is 19.5. The number of tetrazole rings is 1. The van der Waals surface area contributed by atoms with E-state index >= 15 is 0 Å². The normalized spacial score (nSPS) is 12.4. The van der Waals surface area contributed by atoms with E-state index in [1.807, 2.05) is 24.3 Å². The van der Waals surface area contributed by atoms with Gasteiger partial charge in [0.15, 0.2) is 0 Å². The number of nitriles is 1. The molecule has 2 aromatic heterocycles. The Bertz CT molecular complexity index is 1070. The smallest absolute Gasteiger partial charge is 0.235 e. The second-order valence-electron chi connectivity index (χ2n) is 6.06. The van der Waals surface area contributed by atoms with Crippen molar-refractivity contribution < 1.29 is 9.53 Å². The number of thiophene rings is 1. The molecule has 8 nitrogen and oxygen atoms in total. The fourth-order valence-electron chi connectivity index (χ4n) is 3.13. The second kappa shape index (κ2) is 8.00. The maximum atomic E-state index is 12.4. The average Bonchev–Trinajstić information content (AvgIpc) is 3.42. The number of carbonyl (C=O) groups excluding carboxylic acids is 1. The lowest BCUT2D eigenvalue weighted by atomic mass is 10.1. The largest absolute Gasteiger partial charge is 0.494 e. The number of para-hydroxylation sites is 2. The number of ether oxygens (including phenoxy) is 1. The molecule has 4 rings (SSSR count). The first-order valence-corrected chi connectivity index (χ1v) is 10.4. The number of nitrogens with zero attached hydrogens (tertiary/aromatic N) is 5. The van der Waals surface area contributed by atoms with Crippen molar-refractivity contribution in [3.05, 3.63) is 40.3 Å². The Kier molecular flexibility index (Phi) is 5.27. The van der Waals surface area contributed by atoms with Crippen LogP contribution in [0.2, 0.25) is 0 Å². The number of rotatable bonds is 6. The molecular weight excluding hydrogens is 396 g/mol. The minimum atomic E-state index is -0.198. The van der Waals surface area contributed by atoms with Crippen LogP contribution in [-0.4, -0.2) is 39.0 Å². The number of aromatic nitrogens is 4. The Labute approximate surface area is 169 Å². The van der Waals surface area contributed by atoms with Gasteiger partial charge in [0.25, 0.3) is 0 Å². The lowest BCUT2D eigenvalue weighted by molar-refractivity contribution is -0.113. The van der Waals surface area contributed by atoms with Crippen molar-refractivity contribution in [3.63, 3.8) is 0 Å². The average molecular weight is 413 g/mol. The number of hydrogen-bond donors (Lipinski definition) is 1. The van der Waals surface area contributed by atoms with Crippen LogP contribution in [0.1, 0.15) is 22.4 Å². The van der Waals surface area contributed by atoms with Crippen LogP contribution < -0.4 is 10.1 Å². The molecule has 1 amide bonds. The molecule has 0 radical (unpaired) electrons.